The molecule has 16 heavy (non-hydrogen) atoms. The third kappa shape index (κ3) is 3.15. The molecule has 82 valence electrons. The standard InChI is InChI=1S/C11H9BrN2OS/c12-9-7-13-11(16-9)14-10(15)6-8-4-2-1-3-5-8/h1-5,7H,6H2,(H,13,14,15). The molecule has 1 amide bonds. The number of anilines is 1. The second-order valence-electron chi connectivity index (χ2n) is 3.18. The molecule has 5 heteroatoms. The second kappa shape index (κ2) is 5.23. The zero-order valence-electron chi connectivity index (χ0n) is 8.31. The first kappa shape index (κ1) is 11.3. The van der Waals surface area contributed by atoms with E-state index < -0.39 is 0 Å². The van der Waals surface area contributed by atoms with Crippen LogP contribution in [-0.4, -0.2) is 10.9 Å². The Kier molecular flexibility index (Phi) is 3.69. The maximum atomic E-state index is 11.6. The van der Waals surface area contributed by atoms with Crippen LogP contribution in [0.3, 0.4) is 0 Å². The summed E-state index contributed by atoms with van der Waals surface area (Å²) >= 11 is 4.69. The van der Waals surface area contributed by atoms with Gasteiger partial charge in [0, 0.05) is 0 Å². The summed E-state index contributed by atoms with van der Waals surface area (Å²) in [5.74, 6) is -0.0481. The predicted molar refractivity (Wildman–Crippen MR) is 68.6 cm³/mol. The number of hydrogen-bond donors (Lipinski definition) is 1. The molecule has 1 aromatic carbocycles. The van der Waals surface area contributed by atoms with Gasteiger partial charge in [0.15, 0.2) is 5.13 Å². The number of carbonyl (C=O) groups excluding carboxylic acids is 1. The molecule has 1 heterocycles. The van der Waals surface area contributed by atoms with Crippen molar-refractivity contribution >= 4 is 38.3 Å². The van der Waals surface area contributed by atoms with E-state index in [4.69, 9.17) is 0 Å². The minimum absolute atomic E-state index is 0.0481. The lowest BCUT2D eigenvalue weighted by Crippen LogP contribution is -2.13. The Labute approximate surface area is 106 Å². The second-order valence-corrected chi connectivity index (χ2v) is 5.59. The average Bonchev–Trinajstić information content (AvgIpc) is 2.65. The molecule has 0 aliphatic rings. The summed E-state index contributed by atoms with van der Waals surface area (Å²) in [6.07, 6.45) is 2.04. The Bertz CT molecular complexity index is 484. The highest BCUT2D eigenvalue weighted by molar-refractivity contribution is 9.11. The number of hydrogen-bond acceptors (Lipinski definition) is 3. The Balaban J connectivity index is 1.95. The molecule has 0 fully saturated rings. The van der Waals surface area contributed by atoms with E-state index in [1.165, 1.54) is 11.3 Å². The number of carbonyl (C=O) groups is 1. The molecule has 0 spiro atoms. The van der Waals surface area contributed by atoms with Crippen molar-refractivity contribution in [1.82, 2.24) is 4.98 Å². The smallest absolute Gasteiger partial charge is 0.230 e. The van der Waals surface area contributed by atoms with Crippen LogP contribution < -0.4 is 5.32 Å². The lowest BCUT2D eigenvalue weighted by Gasteiger charge is -2.01. The fraction of sp³-hybridized carbons (Fsp3) is 0.0909. The summed E-state index contributed by atoms with van der Waals surface area (Å²) in [6, 6.07) is 9.62. The third-order valence-electron chi connectivity index (χ3n) is 1.93. The SMILES string of the molecule is O=C(Cc1ccccc1)Nc1ncc(Br)s1. The molecule has 1 N–H and O–H groups in total. The van der Waals surface area contributed by atoms with Crippen LogP contribution in [0.1, 0.15) is 5.56 Å². The normalized spacial score (nSPS) is 10.1. The van der Waals surface area contributed by atoms with Crippen LogP contribution in [0.2, 0.25) is 0 Å². The van der Waals surface area contributed by atoms with Gasteiger partial charge in [-0.25, -0.2) is 4.98 Å². The minimum atomic E-state index is -0.0481. The van der Waals surface area contributed by atoms with Crippen molar-refractivity contribution in [3.63, 3.8) is 0 Å². The third-order valence-corrected chi connectivity index (χ3v) is 3.32. The molecule has 0 aliphatic heterocycles. The van der Waals surface area contributed by atoms with Gasteiger partial charge < -0.3 is 5.32 Å². The highest BCUT2D eigenvalue weighted by Gasteiger charge is 2.06. The summed E-state index contributed by atoms with van der Waals surface area (Å²) in [4.78, 5) is 15.7. The van der Waals surface area contributed by atoms with E-state index in [9.17, 15) is 4.79 Å². The molecule has 2 rings (SSSR count). The van der Waals surface area contributed by atoms with Crippen LogP contribution in [0.25, 0.3) is 0 Å². The van der Waals surface area contributed by atoms with Gasteiger partial charge in [0.25, 0.3) is 0 Å². The number of amides is 1. The van der Waals surface area contributed by atoms with E-state index in [-0.39, 0.29) is 5.91 Å². The predicted octanol–water partition coefficient (Wildman–Crippen LogP) is 3.09. The van der Waals surface area contributed by atoms with Crippen LogP contribution in [0, 0.1) is 0 Å². The molecule has 0 bridgehead atoms. The molecule has 1 aromatic heterocycles. The maximum Gasteiger partial charge on any atom is 0.230 e. The van der Waals surface area contributed by atoms with E-state index in [0.29, 0.717) is 11.6 Å². The Hall–Kier alpha value is -1.20. The fourth-order valence-electron chi connectivity index (χ4n) is 1.26. The number of benzene rings is 1. The van der Waals surface area contributed by atoms with Crippen LogP contribution in [0.15, 0.2) is 40.3 Å². The summed E-state index contributed by atoms with van der Waals surface area (Å²) < 4.78 is 0.905. The molecular weight excluding hydrogens is 288 g/mol. The molecule has 0 saturated carbocycles. The Morgan fingerprint density at radius 3 is 2.75 bits per heavy atom. The summed E-state index contributed by atoms with van der Waals surface area (Å²) in [6.45, 7) is 0. The van der Waals surface area contributed by atoms with Gasteiger partial charge in [-0.3, -0.25) is 4.79 Å². The van der Waals surface area contributed by atoms with Crippen molar-refractivity contribution in [3.05, 3.63) is 45.9 Å². The van der Waals surface area contributed by atoms with Crippen LogP contribution >= 0.6 is 27.3 Å². The van der Waals surface area contributed by atoms with Gasteiger partial charge >= 0.3 is 0 Å². The van der Waals surface area contributed by atoms with Crippen molar-refractivity contribution in [3.8, 4) is 0 Å². The average molecular weight is 297 g/mol. The van der Waals surface area contributed by atoms with E-state index in [0.717, 1.165) is 9.35 Å². The monoisotopic (exact) mass is 296 g/mol. The van der Waals surface area contributed by atoms with Crippen molar-refractivity contribution in [2.24, 2.45) is 0 Å². The lowest BCUT2D eigenvalue weighted by molar-refractivity contribution is -0.115. The zero-order chi connectivity index (χ0) is 11.4. The van der Waals surface area contributed by atoms with Gasteiger partial charge in [-0.2, -0.15) is 0 Å². The number of halogens is 1. The van der Waals surface area contributed by atoms with E-state index in [2.05, 4.69) is 26.2 Å². The Morgan fingerprint density at radius 2 is 2.12 bits per heavy atom. The topological polar surface area (TPSA) is 42.0 Å². The van der Waals surface area contributed by atoms with E-state index in [1.54, 1.807) is 6.20 Å². The van der Waals surface area contributed by atoms with Gasteiger partial charge in [0.2, 0.25) is 5.91 Å². The molecule has 0 saturated heterocycles. The highest BCUT2D eigenvalue weighted by Crippen LogP contribution is 2.23. The number of aromatic nitrogens is 1. The molecule has 0 radical (unpaired) electrons. The highest BCUT2D eigenvalue weighted by atomic mass is 79.9. The molecule has 3 nitrogen and oxygen atoms in total. The first-order valence-corrected chi connectivity index (χ1v) is 6.30. The van der Waals surface area contributed by atoms with Gasteiger partial charge in [0.05, 0.1) is 16.4 Å². The quantitative estimate of drug-likeness (QED) is 0.946. The first-order valence-electron chi connectivity index (χ1n) is 4.69. The molecule has 0 atom stereocenters. The van der Waals surface area contributed by atoms with Crippen LogP contribution in [0.5, 0.6) is 0 Å². The number of thiazole rings is 1. The molecule has 2 aromatic rings. The summed E-state index contributed by atoms with van der Waals surface area (Å²) in [5, 5.41) is 3.37. The first-order chi connectivity index (χ1) is 7.74. The summed E-state index contributed by atoms with van der Waals surface area (Å²) in [5.41, 5.74) is 0.996. The number of rotatable bonds is 3. The van der Waals surface area contributed by atoms with Crippen molar-refractivity contribution < 1.29 is 4.79 Å². The Morgan fingerprint density at radius 1 is 1.38 bits per heavy atom. The summed E-state index contributed by atoms with van der Waals surface area (Å²) in [7, 11) is 0. The number of nitrogens with zero attached hydrogens (tertiary/aromatic N) is 1. The number of nitrogens with one attached hydrogen (secondary N) is 1. The van der Waals surface area contributed by atoms with Crippen LogP contribution in [0.4, 0.5) is 5.13 Å². The van der Waals surface area contributed by atoms with Crippen molar-refractivity contribution in [2.45, 2.75) is 6.42 Å². The van der Waals surface area contributed by atoms with Crippen LogP contribution in [-0.2, 0) is 11.2 Å². The van der Waals surface area contributed by atoms with E-state index >= 15 is 0 Å². The van der Waals surface area contributed by atoms with Gasteiger partial charge in [-0.05, 0) is 21.5 Å². The minimum Gasteiger partial charge on any atom is -0.302 e. The zero-order valence-corrected chi connectivity index (χ0v) is 10.7. The van der Waals surface area contributed by atoms with Gasteiger partial charge in [-0.1, -0.05) is 41.7 Å². The van der Waals surface area contributed by atoms with Gasteiger partial charge in [-0.15, -0.1) is 0 Å². The van der Waals surface area contributed by atoms with Gasteiger partial charge in [0.1, 0.15) is 0 Å². The molecule has 0 unspecified atom stereocenters. The van der Waals surface area contributed by atoms with E-state index in [1.807, 2.05) is 30.3 Å². The van der Waals surface area contributed by atoms with Crippen molar-refractivity contribution in [2.75, 3.05) is 5.32 Å². The molecular formula is C11H9BrN2OS. The largest absolute Gasteiger partial charge is 0.302 e. The lowest BCUT2D eigenvalue weighted by atomic mass is 10.1. The molecule has 0 aliphatic carbocycles. The van der Waals surface area contributed by atoms with Crippen molar-refractivity contribution in [1.29, 1.82) is 0 Å². The maximum absolute atomic E-state index is 11.6. The fourth-order valence-corrected chi connectivity index (χ4v) is 2.38.